The van der Waals surface area contributed by atoms with Crippen LogP contribution < -0.4 is 5.32 Å². The molecule has 3 aromatic rings. The fourth-order valence-electron chi connectivity index (χ4n) is 5.63. The van der Waals surface area contributed by atoms with Gasteiger partial charge in [0.25, 0.3) is 0 Å². The van der Waals surface area contributed by atoms with Crippen molar-refractivity contribution in [1.82, 2.24) is 29.4 Å². The zero-order chi connectivity index (χ0) is 23.7. The van der Waals surface area contributed by atoms with Crippen molar-refractivity contribution in [3.05, 3.63) is 24.3 Å². The molecule has 1 saturated heterocycles. The van der Waals surface area contributed by atoms with Crippen LogP contribution in [0.1, 0.15) is 52.4 Å². The summed E-state index contributed by atoms with van der Waals surface area (Å²) in [5.41, 5.74) is 1.89. The van der Waals surface area contributed by atoms with Crippen LogP contribution in [0.3, 0.4) is 0 Å². The van der Waals surface area contributed by atoms with E-state index in [4.69, 9.17) is 0 Å². The van der Waals surface area contributed by atoms with Crippen LogP contribution in [0, 0.1) is 11.8 Å². The molecule has 1 aliphatic carbocycles. The highest BCUT2D eigenvalue weighted by Crippen LogP contribution is 2.27. The number of amides is 2. The minimum atomic E-state index is 0.0101. The Morgan fingerprint density at radius 3 is 2.47 bits per heavy atom. The van der Waals surface area contributed by atoms with E-state index in [9.17, 15) is 9.59 Å². The van der Waals surface area contributed by atoms with E-state index in [0.717, 1.165) is 37.0 Å². The zero-order valence-electron chi connectivity index (χ0n) is 20.1. The van der Waals surface area contributed by atoms with Crippen LogP contribution in [0.5, 0.6) is 0 Å². The summed E-state index contributed by atoms with van der Waals surface area (Å²) in [6, 6.07) is 8.24. The SMILES string of the molecule is C[C@@H]1C[C@@H](C)CN(C(=O)CSc2nnc3n(CC(=O)NC4CCCCC4)c4ccccc4n23)C1. The van der Waals surface area contributed by atoms with Crippen LogP contribution in [-0.2, 0) is 16.1 Å². The number of carbonyl (C=O) groups is 2. The Hall–Kier alpha value is -2.55. The molecule has 1 saturated carbocycles. The summed E-state index contributed by atoms with van der Waals surface area (Å²) in [5.74, 6) is 2.20. The summed E-state index contributed by atoms with van der Waals surface area (Å²) in [5, 5.41) is 12.7. The van der Waals surface area contributed by atoms with E-state index in [1.54, 1.807) is 0 Å². The standard InChI is InChI=1S/C25H34N6O2S/c1-17-12-18(2)14-29(13-17)23(33)16-34-25-28-27-24-30(20-10-6-7-11-21(20)31(24)25)15-22(32)26-19-8-4-3-5-9-19/h6-7,10-11,17-19H,3-5,8-9,12-16H2,1-2H3,(H,26,32)/t17-,18-/m1/s1. The van der Waals surface area contributed by atoms with Gasteiger partial charge in [-0.2, -0.15) is 0 Å². The molecule has 0 spiro atoms. The van der Waals surface area contributed by atoms with Crippen LogP contribution in [0.15, 0.2) is 29.4 Å². The largest absolute Gasteiger partial charge is 0.352 e. The molecule has 182 valence electrons. The average Bonchev–Trinajstić information content (AvgIpc) is 3.37. The molecule has 2 atom stereocenters. The maximum Gasteiger partial charge on any atom is 0.240 e. The topological polar surface area (TPSA) is 84.5 Å². The molecule has 8 nitrogen and oxygen atoms in total. The number of thioether (sulfide) groups is 1. The fourth-order valence-corrected chi connectivity index (χ4v) is 6.48. The molecule has 1 aliphatic heterocycles. The van der Waals surface area contributed by atoms with Gasteiger partial charge in [-0.25, -0.2) is 0 Å². The Labute approximate surface area is 204 Å². The number of imidazole rings is 1. The second-order valence-corrected chi connectivity index (χ2v) is 11.1. The van der Waals surface area contributed by atoms with Crippen LogP contribution in [0.25, 0.3) is 16.8 Å². The number of nitrogens with one attached hydrogen (secondary N) is 1. The van der Waals surface area contributed by atoms with Gasteiger partial charge in [-0.05, 0) is 43.2 Å². The van der Waals surface area contributed by atoms with Gasteiger partial charge in [0.1, 0.15) is 6.54 Å². The van der Waals surface area contributed by atoms with Gasteiger partial charge in [0.05, 0.1) is 16.8 Å². The Balaban J connectivity index is 1.34. The van der Waals surface area contributed by atoms with Crippen molar-refractivity contribution in [2.45, 2.75) is 70.1 Å². The van der Waals surface area contributed by atoms with Gasteiger partial charge < -0.3 is 10.2 Å². The van der Waals surface area contributed by atoms with E-state index in [2.05, 4.69) is 29.4 Å². The molecule has 1 N–H and O–H groups in total. The molecule has 2 aromatic heterocycles. The third-order valence-electron chi connectivity index (χ3n) is 7.09. The Morgan fingerprint density at radius 2 is 1.74 bits per heavy atom. The molecular weight excluding hydrogens is 448 g/mol. The summed E-state index contributed by atoms with van der Waals surface area (Å²) >= 11 is 1.42. The van der Waals surface area contributed by atoms with E-state index in [-0.39, 0.29) is 24.4 Å². The number of carbonyl (C=O) groups excluding carboxylic acids is 2. The molecular formula is C25H34N6O2S. The average molecular weight is 483 g/mol. The van der Waals surface area contributed by atoms with E-state index < -0.39 is 0 Å². The van der Waals surface area contributed by atoms with Crippen molar-refractivity contribution in [3.63, 3.8) is 0 Å². The quantitative estimate of drug-likeness (QED) is 0.541. The summed E-state index contributed by atoms with van der Waals surface area (Å²) < 4.78 is 3.91. The summed E-state index contributed by atoms with van der Waals surface area (Å²) in [4.78, 5) is 27.8. The molecule has 0 unspecified atom stereocenters. The van der Waals surface area contributed by atoms with Gasteiger partial charge in [-0.15, -0.1) is 10.2 Å². The lowest BCUT2D eigenvalue weighted by Crippen LogP contribution is -2.43. The summed E-state index contributed by atoms with van der Waals surface area (Å²) in [7, 11) is 0. The molecule has 5 rings (SSSR count). The smallest absolute Gasteiger partial charge is 0.240 e. The number of likely N-dealkylation sites (tertiary alicyclic amines) is 1. The predicted molar refractivity (Wildman–Crippen MR) is 134 cm³/mol. The van der Waals surface area contributed by atoms with Gasteiger partial charge in [0.15, 0.2) is 5.16 Å². The van der Waals surface area contributed by atoms with E-state index >= 15 is 0 Å². The van der Waals surface area contributed by atoms with E-state index in [1.165, 1.54) is 37.4 Å². The Bertz CT molecular complexity index is 1170. The van der Waals surface area contributed by atoms with Crippen molar-refractivity contribution in [1.29, 1.82) is 0 Å². The molecule has 1 aromatic carbocycles. The van der Waals surface area contributed by atoms with Gasteiger partial charge in [-0.3, -0.25) is 18.6 Å². The van der Waals surface area contributed by atoms with Gasteiger partial charge in [-0.1, -0.05) is 57.0 Å². The van der Waals surface area contributed by atoms with Gasteiger partial charge >= 0.3 is 0 Å². The van der Waals surface area contributed by atoms with Crippen molar-refractivity contribution in [3.8, 4) is 0 Å². The highest BCUT2D eigenvalue weighted by Gasteiger charge is 2.26. The van der Waals surface area contributed by atoms with Crippen molar-refractivity contribution >= 4 is 40.4 Å². The molecule has 0 bridgehead atoms. The Morgan fingerprint density at radius 1 is 1.03 bits per heavy atom. The number of aromatic nitrogens is 4. The van der Waals surface area contributed by atoms with Crippen LogP contribution >= 0.6 is 11.8 Å². The van der Waals surface area contributed by atoms with Crippen LogP contribution in [-0.4, -0.2) is 60.8 Å². The highest BCUT2D eigenvalue weighted by molar-refractivity contribution is 7.99. The fraction of sp³-hybridized carbons (Fsp3) is 0.600. The normalized spacial score (nSPS) is 21.9. The van der Waals surface area contributed by atoms with Crippen molar-refractivity contribution in [2.75, 3.05) is 18.8 Å². The first-order chi connectivity index (χ1) is 16.5. The van der Waals surface area contributed by atoms with E-state index in [1.807, 2.05) is 38.1 Å². The summed E-state index contributed by atoms with van der Waals surface area (Å²) in [6.45, 7) is 6.29. The minimum absolute atomic E-state index is 0.0101. The van der Waals surface area contributed by atoms with Crippen molar-refractivity contribution < 1.29 is 9.59 Å². The predicted octanol–water partition coefficient (Wildman–Crippen LogP) is 3.73. The lowest BCUT2D eigenvalue weighted by molar-refractivity contribution is -0.131. The second kappa shape index (κ2) is 9.98. The Kier molecular flexibility index (Phi) is 6.81. The number of fused-ring (bicyclic) bond motifs is 3. The maximum absolute atomic E-state index is 12.9. The summed E-state index contributed by atoms with van der Waals surface area (Å²) in [6.07, 6.45) is 6.91. The highest BCUT2D eigenvalue weighted by atomic mass is 32.2. The molecule has 2 amide bonds. The number of piperidine rings is 1. The van der Waals surface area contributed by atoms with Crippen LogP contribution in [0.4, 0.5) is 0 Å². The minimum Gasteiger partial charge on any atom is -0.352 e. The molecule has 2 aliphatic rings. The number of benzene rings is 1. The molecule has 2 fully saturated rings. The van der Waals surface area contributed by atoms with Crippen molar-refractivity contribution in [2.24, 2.45) is 11.8 Å². The first-order valence-corrected chi connectivity index (χ1v) is 13.5. The molecule has 34 heavy (non-hydrogen) atoms. The van der Waals surface area contributed by atoms with Gasteiger partial charge in [0.2, 0.25) is 17.6 Å². The van der Waals surface area contributed by atoms with Gasteiger partial charge in [0, 0.05) is 19.1 Å². The molecule has 0 radical (unpaired) electrons. The monoisotopic (exact) mass is 482 g/mol. The zero-order valence-corrected chi connectivity index (χ0v) is 20.9. The third-order valence-corrected chi connectivity index (χ3v) is 8.00. The molecule has 9 heteroatoms. The lowest BCUT2D eigenvalue weighted by atomic mass is 9.92. The number of rotatable bonds is 6. The number of hydrogen-bond acceptors (Lipinski definition) is 5. The number of hydrogen-bond donors (Lipinski definition) is 1. The first kappa shape index (κ1) is 23.2. The first-order valence-electron chi connectivity index (χ1n) is 12.5. The third kappa shape index (κ3) is 4.80. The second-order valence-electron chi connectivity index (χ2n) is 10.1. The van der Waals surface area contributed by atoms with Crippen LogP contribution in [0.2, 0.25) is 0 Å². The van der Waals surface area contributed by atoms with E-state index in [0.29, 0.717) is 28.5 Å². The molecule has 3 heterocycles. The lowest BCUT2D eigenvalue weighted by Gasteiger charge is -2.34. The maximum atomic E-state index is 12.9. The number of nitrogens with zero attached hydrogens (tertiary/aromatic N) is 5. The number of para-hydroxylation sites is 2.